The summed E-state index contributed by atoms with van der Waals surface area (Å²) in [6.45, 7) is 2.12. The third-order valence-electron chi connectivity index (χ3n) is 10.9. The zero-order valence-electron chi connectivity index (χ0n) is 31.1. The van der Waals surface area contributed by atoms with Crippen molar-refractivity contribution in [1.29, 1.82) is 0 Å². The number of hydrogen-bond donors (Lipinski definition) is 0. The molecule has 0 saturated heterocycles. The Morgan fingerprint density at radius 1 is 0.386 bits per heavy atom. The summed E-state index contributed by atoms with van der Waals surface area (Å²) in [5, 5.41) is 4.37. The van der Waals surface area contributed by atoms with Gasteiger partial charge in [0.2, 0.25) is 0 Å². The Bertz CT molecular complexity index is 3290. The van der Waals surface area contributed by atoms with Gasteiger partial charge in [-0.25, -0.2) is 15.0 Å². The minimum absolute atomic E-state index is 0.576. The normalized spacial score (nSPS) is 11.6. The number of fused-ring (bicyclic) bond motifs is 6. The van der Waals surface area contributed by atoms with Crippen molar-refractivity contribution in [2.45, 2.75) is 6.92 Å². The van der Waals surface area contributed by atoms with Crippen LogP contribution in [0.1, 0.15) is 5.56 Å². The molecule has 0 saturated carbocycles. The van der Waals surface area contributed by atoms with Gasteiger partial charge < -0.3 is 8.98 Å². The minimum Gasteiger partial charge on any atom is -0.456 e. The number of benzene rings is 8. The molecule has 11 aromatic rings. The van der Waals surface area contributed by atoms with Crippen LogP contribution in [-0.4, -0.2) is 19.5 Å². The van der Waals surface area contributed by atoms with Gasteiger partial charge in [0.05, 0.1) is 11.0 Å². The van der Waals surface area contributed by atoms with Crippen LogP contribution in [0.3, 0.4) is 0 Å². The SMILES string of the molecule is Cc1cccc(-c2ccc(-c3nc(-c4ccc5c(c4)oc4cccc(-c6ccccc6)c45)nc(-c4cccc5c4c4ccccc4n5-c4ccccc4)n3)cc2)c1. The van der Waals surface area contributed by atoms with Crippen LogP contribution in [-0.2, 0) is 0 Å². The van der Waals surface area contributed by atoms with Gasteiger partial charge in [0, 0.05) is 43.9 Å². The summed E-state index contributed by atoms with van der Waals surface area (Å²) in [5.41, 5.74) is 13.5. The van der Waals surface area contributed by atoms with E-state index in [1.807, 2.05) is 12.1 Å². The van der Waals surface area contributed by atoms with Crippen molar-refractivity contribution >= 4 is 43.7 Å². The summed E-state index contributed by atoms with van der Waals surface area (Å²) in [4.78, 5) is 15.7. The highest BCUT2D eigenvalue weighted by atomic mass is 16.3. The van der Waals surface area contributed by atoms with Crippen LogP contribution in [0.4, 0.5) is 0 Å². The average Bonchev–Trinajstić information content (AvgIpc) is 3.82. The van der Waals surface area contributed by atoms with Gasteiger partial charge >= 0.3 is 0 Å². The fraction of sp³-hybridized carbons (Fsp3) is 0.0192. The minimum atomic E-state index is 0.576. The fourth-order valence-corrected chi connectivity index (χ4v) is 8.27. The third kappa shape index (κ3) is 5.59. The molecule has 0 atom stereocenters. The largest absolute Gasteiger partial charge is 0.456 e. The lowest BCUT2D eigenvalue weighted by atomic mass is 9.99. The molecule has 8 aromatic carbocycles. The molecule has 3 aromatic heterocycles. The first kappa shape index (κ1) is 32.8. The first-order valence-electron chi connectivity index (χ1n) is 19.2. The Morgan fingerprint density at radius 2 is 1.02 bits per heavy atom. The van der Waals surface area contributed by atoms with E-state index in [4.69, 9.17) is 19.4 Å². The second-order valence-electron chi connectivity index (χ2n) is 14.5. The molecule has 0 aliphatic rings. The molecule has 5 heteroatoms. The van der Waals surface area contributed by atoms with Crippen molar-refractivity contribution in [2.75, 3.05) is 0 Å². The van der Waals surface area contributed by atoms with Crippen LogP contribution in [0.15, 0.2) is 192 Å². The van der Waals surface area contributed by atoms with Gasteiger partial charge in [0.25, 0.3) is 0 Å². The maximum atomic E-state index is 6.55. The Hall–Kier alpha value is -7.63. The molecule has 0 unspecified atom stereocenters. The van der Waals surface area contributed by atoms with Crippen molar-refractivity contribution < 1.29 is 4.42 Å². The standard InChI is InChI=1S/C52H34N4O/c1-33-13-10-16-37(31-33)34-25-27-36(28-26-34)50-53-51(38-29-30-42-47(32-38)57-46-24-12-20-40(49(42)46)35-14-4-2-5-15-35)55-52(54-50)43-21-11-23-45-48(43)41-19-8-9-22-44(41)56(45)39-17-6-3-7-18-39/h2-32H,1H3. The summed E-state index contributed by atoms with van der Waals surface area (Å²) < 4.78 is 8.87. The highest BCUT2D eigenvalue weighted by Gasteiger charge is 2.21. The Morgan fingerprint density at radius 3 is 1.84 bits per heavy atom. The molecule has 0 bridgehead atoms. The molecule has 57 heavy (non-hydrogen) atoms. The molecule has 0 N–H and O–H groups in total. The lowest BCUT2D eigenvalue weighted by Crippen LogP contribution is -2.00. The lowest BCUT2D eigenvalue weighted by Gasteiger charge is -2.11. The first-order chi connectivity index (χ1) is 28.2. The van der Waals surface area contributed by atoms with Gasteiger partial charge in [-0.05, 0) is 71.6 Å². The molecule has 11 rings (SSSR count). The Balaban J connectivity index is 1.12. The van der Waals surface area contributed by atoms with Crippen molar-refractivity contribution in [2.24, 2.45) is 0 Å². The van der Waals surface area contributed by atoms with Crippen molar-refractivity contribution in [1.82, 2.24) is 19.5 Å². The lowest BCUT2D eigenvalue weighted by molar-refractivity contribution is 0.669. The predicted octanol–water partition coefficient (Wildman–Crippen LogP) is 13.5. The van der Waals surface area contributed by atoms with Crippen LogP contribution >= 0.6 is 0 Å². The Labute approximate surface area is 329 Å². The van der Waals surface area contributed by atoms with Gasteiger partial charge in [-0.3, -0.25) is 0 Å². The van der Waals surface area contributed by atoms with Gasteiger partial charge in [-0.1, -0.05) is 151 Å². The van der Waals surface area contributed by atoms with Gasteiger partial charge in [0.15, 0.2) is 17.5 Å². The molecule has 0 aliphatic heterocycles. The van der Waals surface area contributed by atoms with E-state index in [0.717, 1.165) is 82.8 Å². The average molecular weight is 731 g/mol. The summed E-state index contributed by atoms with van der Waals surface area (Å²) >= 11 is 0. The van der Waals surface area contributed by atoms with Crippen LogP contribution in [0.5, 0.6) is 0 Å². The monoisotopic (exact) mass is 730 g/mol. The number of aryl methyl sites for hydroxylation is 1. The quantitative estimate of drug-likeness (QED) is 0.171. The number of furan rings is 1. The summed E-state index contributed by atoms with van der Waals surface area (Å²) in [5.74, 6) is 1.79. The van der Waals surface area contributed by atoms with E-state index >= 15 is 0 Å². The molecule has 0 aliphatic carbocycles. The van der Waals surface area contributed by atoms with E-state index < -0.39 is 0 Å². The van der Waals surface area contributed by atoms with Crippen molar-refractivity contribution in [3.05, 3.63) is 194 Å². The van der Waals surface area contributed by atoms with E-state index in [2.05, 4.69) is 187 Å². The van der Waals surface area contributed by atoms with Crippen LogP contribution in [0.2, 0.25) is 0 Å². The predicted molar refractivity (Wildman–Crippen MR) is 233 cm³/mol. The maximum Gasteiger partial charge on any atom is 0.164 e. The molecule has 0 amide bonds. The summed E-state index contributed by atoms with van der Waals surface area (Å²) in [6, 6.07) is 65.5. The topological polar surface area (TPSA) is 56.7 Å². The number of hydrogen-bond acceptors (Lipinski definition) is 4. The molecule has 0 fully saturated rings. The number of aromatic nitrogens is 4. The Kier molecular flexibility index (Phi) is 7.64. The van der Waals surface area contributed by atoms with Crippen LogP contribution in [0, 0.1) is 6.92 Å². The van der Waals surface area contributed by atoms with E-state index in [-0.39, 0.29) is 0 Å². The highest BCUT2D eigenvalue weighted by molar-refractivity contribution is 6.15. The summed E-state index contributed by atoms with van der Waals surface area (Å²) in [6.07, 6.45) is 0. The molecule has 5 nitrogen and oxygen atoms in total. The smallest absolute Gasteiger partial charge is 0.164 e. The van der Waals surface area contributed by atoms with Gasteiger partial charge in [0.1, 0.15) is 11.2 Å². The van der Waals surface area contributed by atoms with Crippen LogP contribution < -0.4 is 0 Å². The van der Waals surface area contributed by atoms with Crippen molar-refractivity contribution in [3.8, 4) is 62.1 Å². The molecule has 0 radical (unpaired) electrons. The molecule has 268 valence electrons. The third-order valence-corrected chi connectivity index (χ3v) is 10.9. The van der Waals surface area contributed by atoms with Crippen molar-refractivity contribution in [3.63, 3.8) is 0 Å². The number of para-hydroxylation sites is 2. The molecular formula is C52H34N4O. The molecule has 3 heterocycles. The first-order valence-corrected chi connectivity index (χ1v) is 19.2. The number of nitrogens with zero attached hydrogens (tertiary/aromatic N) is 4. The molecule has 0 spiro atoms. The van der Waals surface area contributed by atoms with Gasteiger partial charge in [-0.2, -0.15) is 0 Å². The fourth-order valence-electron chi connectivity index (χ4n) is 8.27. The van der Waals surface area contributed by atoms with Crippen LogP contribution in [0.25, 0.3) is 106 Å². The zero-order valence-corrected chi connectivity index (χ0v) is 31.1. The number of rotatable bonds is 6. The van der Waals surface area contributed by atoms with E-state index in [1.54, 1.807) is 0 Å². The van der Waals surface area contributed by atoms with E-state index in [1.165, 1.54) is 11.1 Å². The highest BCUT2D eigenvalue weighted by Crippen LogP contribution is 2.40. The zero-order chi connectivity index (χ0) is 37.9. The van der Waals surface area contributed by atoms with E-state index in [0.29, 0.717) is 17.5 Å². The van der Waals surface area contributed by atoms with Gasteiger partial charge in [-0.15, -0.1) is 0 Å². The summed E-state index contributed by atoms with van der Waals surface area (Å²) in [7, 11) is 0. The van der Waals surface area contributed by atoms with E-state index in [9.17, 15) is 0 Å². The molecular weight excluding hydrogens is 697 g/mol. The maximum absolute atomic E-state index is 6.55. The second kappa shape index (κ2) is 13.3. The second-order valence-corrected chi connectivity index (χ2v) is 14.5.